The third kappa shape index (κ3) is 4.60. The number of allylic oxidation sites excluding steroid dienone is 3. The first-order valence-corrected chi connectivity index (χ1v) is 7.97. The summed E-state index contributed by atoms with van der Waals surface area (Å²) in [4.78, 5) is 0. The van der Waals surface area contributed by atoms with Gasteiger partial charge in [-0.25, -0.2) is 0 Å². The highest BCUT2D eigenvalue weighted by Crippen LogP contribution is 2.17. The van der Waals surface area contributed by atoms with Gasteiger partial charge in [0.15, 0.2) is 0 Å². The molecule has 0 aromatic heterocycles. The Labute approximate surface area is 143 Å². The van der Waals surface area contributed by atoms with E-state index in [2.05, 4.69) is 48.3 Å². The maximum Gasteiger partial charge on any atom is 0.0248 e. The Morgan fingerprint density at radius 3 is 1.92 bits per heavy atom. The summed E-state index contributed by atoms with van der Waals surface area (Å²) >= 11 is 0. The van der Waals surface area contributed by atoms with Crippen LogP contribution in [0.5, 0.6) is 0 Å². The van der Waals surface area contributed by atoms with Gasteiger partial charge in [-0.2, -0.15) is 0 Å². The lowest BCUT2D eigenvalue weighted by Gasteiger charge is -2.01. The van der Waals surface area contributed by atoms with Crippen molar-refractivity contribution in [2.75, 3.05) is 0 Å². The predicted molar refractivity (Wildman–Crippen MR) is 103 cm³/mol. The number of benzene rings is 3. The first-order valence-electron chi connectivity index (χ1n) is 7.97. The fraction of sp³-hybridized carbons (Fsp3) is 0. The average molecular weight is 306 g/mol. The molecule has 0 aliphatic rings. The van der Waals surface area contributed by atoms with Gasteiger partial charge in [-0.05, 0) is 34.9 Å². The minimum atomic E-state index is 1.02. The summed E-state index contributed by atoms with van der Waals surface area (Å²) in [5, 5.41) is 0. The molecular weight excluding hydrogens is 288 g/mol. The van der Waals surface area contributed by atoms with Gasteiger partial charge < -0.3 is 0 Å². The second-order valence-corrected chi connectivity index (χ2v) is 5.35. The minimum Gasteiger partial charge on any atom is -0.0690 e. The van der Waals surface area contributed by atoms with Crippen LogP contribution in [0, 0.1) is 11.8 Å². The van der Waals surface area contributed by atoms with Crippen LogP contribution in [0.1, 0.15) is 16.7 Å². The van der Waals surface area contributed by atoms with E-state index in [0.717, 1.165) is 16.7 Å². The molecule has 0 heterocycles. The summed E-state index contributed by atoms with van der Waals surface area (Å²) in [6, 6.07) is 30.7. The number of hydrogen-bond acceptors (Lipinski definition) is 0. The highest BCUT2D eigenvalue weighted by atomic mass is 14.0. The molecule has 0 N–H and O–H groups in total. The summed E-state index contributed by atoms with van der Waals surface area (Å²) < 4.78 is 0. The molecule has 0 heteroatoms. The zero-order valence-corrected chi connectivity index (χ0v) is 13.4. The minimum absolute atomic E-state index is 1.02. The summed E-state index contributed by atoms with van der Waals surface area (Å²) in [6.45, 7) is 0. The fourth-order valence-corrected chi connectivity index (χ4v) is 2.33. The fourth-order valence-electron chi connectivity index (χ4n) is 2.33. The molecule has 0 atom stereocenters. The molecule has 0 saturated carbocycles. The van der Waals surface area contributed by atoms with Crippen LogP contribution in [-0.4, -0.2) is 0 Å². The van der Waals surface area contributed by atoms with Crippen molar-refractivity contribution in [3.63, 3.8) is 0 Å². The van der Waals surface area contributed by atoms with Gasteiger partial charge in [0.1, 0.15) is 0 Å². The van der Waals surface area contributed by atoms with Gasteiger partial charge in [-0.3, -0.25) is 0 Å². The first kappa shape index (κ1) is 15.6. The summed E-state index contributed by atoms with van der Waals surface area (Å²) in [7, 11) is 0. The Hall–Kier alpha value is -3.30. The Bertz CT molecular complexity index is 874. The molecule has 3 aromatic rings. The van der Waals surface area contributed by atoms with E-state index < -0.39 is 0 Å². The molecule has 0 spiro atoms. The van der Waals surface area contributed by atoms with Crippen LogP contribution in [0.4, 0.5) is 0 Å². The molecule has 3 rings (SSSR count). The van der Waals surface area contributed by atoms with Crippen LogP contribution < -0.4 is 0 Å². The molecule has 0 amide bonds. The van der Waals surface area contributed by atoms with Gasteiger partial charge in [0, 0.05) is 5.56 Å². The Morgan fingerprint density at radius 2 is 1.25 bits per heavy atom. The highest BCUT2D eigenvalue weighted by molar-refractivity contribution is 5.80. The number of hydrogen-bond donors (Lipinski definition) is 0. The second-order valence-electron chi connectivity index (χ2n) is 5.35. The third-order valence-corrected chi connectivity index (χ3v) is 3.58. The van der Waals surface area contributed by atoms with Crippen molar-refractivity contribution in [2.45, 2.75) is 0 Å². The first-order chi connectivity index (χ1) is 11.9. The van der Waals surface area contributed by atoms with Crippen LogP contribution >= 0.6 is 0 Å². The van der Waals surface area contributed by atoms with Gasteiger partial charge in [-0.1, -0.05) is 103 Å². The molecule has 0 bridgehead atoms. The standard InChI is InChI=1S/C24H18/c1-4-11-21(12-5-1)15-10-18-24(23-16-8-3-9-17-23)20-19-22-13-6-2-7-14-22/h1-9,11-14,16-20H/b20-19+,24-18-. The Balaban J connectivity index is 1.90. The van der Waals surface area contributed by atoms with E-state index >= 15 is 0 Å². The summed E-state index contributed by atoms with van der Waals surface area (Å²) in [5.74, 6) is 6.36. The van der Waals surface area contributed by atoms with E-state index in [1.165, 1.54) is 5.56 Å². The Kier molecular flexibility index (Phi) is 5.43. The quantitative estimate of drug-likeness (QED) is 0.421. The maximum absolute atomic E-state index is 3.18. The topological polar surface area (TPSA) is 0 Å². The molecule has 0 radical (unpaired) electrons. The van der Waals surface area contributed by atoms with Crippen molar-refractivity contribution in [1.82, 2.24) is 0 Å². The monoisotopic (exact) mass is 306 g/mol. The van der Waals surface area contributed by atoms with E-state index in [1.807, 2.05) is 72.8 Å². The van der Waals surface area contributed by atoms with Crippen molar-refractivity contribution in [2.24, 2.45) is 0 Å². The van der Waals surface area contributed by atoms with Crippen molar-refractivity contribution in [3.05, 3.63) is 120 Å². The van der Waals surface area contributed by atoms with Crippen molar-refractivity contribution in [1.29, 1.82) is 0 Å². The molecule has 0 aliphatic carbocycles. The zero-order valence-electron chi connectivity index (χ0n) is 13.4. The van der Waals surface area contributed by atoms with Crippen LogP contribution in [0.2, 0.25) is 0 Å². The molecular formula is C24H18. The highest BCUT2D eigenvalue weighted by Gasteiger charge is 1.96. The van der Waals surface area contributed by atoms with Crippen molar-refractivity contribution in [3.8, 4) is 11.8 Å². The van der Waals surface area contributed by atoms with Gasteiger partial charge in [0.2, 0.25) is 0 Å². The van der Waals surface area contributed by atoms with Gasteiger partial charge >= 0.3 is 0 Å². The lowest BCUT2D eigenvalue weighted by Crippen LogP contribution is -1.80. The van der Waals surface area contributed by atoms with E-state index in [1.54, 1.807) is 0 Å². The average Bonchev–Trinajstić information content (AvgIpc) is 2.67. The molecule has 24 heavy (non-hydrogen) atoms. The molecule has 0 aliphatic heterocycles. The second kappa shape index (κ2) is 8.36. The Morgan fingerprint density at radius 1 is 0.667 bits per heavy atom. The van der Waals surface area contributed by atoms with Crippen molar-refractivity contribution < 1.29 is 0 Å². The molecule has 0 saturated heterocycles. The van der Waals surface area contributed by atoms with Crippen molar-refractivity contribution >= 4 is 11.6 Å². The molecule has 0 fully saturated rings. The zero-order chi connectivity index (χ0) is 16.5. The van der Waals surface area contributed by atoms with Gasteiger partial charge in [-0.15, -0.1) is 0 Å². The summed E-state index contributed by atoms with van der Waals surface area (Å²) in [6.07, 6.45) is 6.20. The van der Waals surface area contributed by atoms with E-state index in [4.69, 9.17) is 0 Å². The molecule has 0 unspecified atom stereocenters. The van der Waals surface area contributed by atoms with Crippen LogP contribution in [0.3, 0.4) is 0 Å². The van der Waals surface area contributed by atoms with E-state index in [0.29, 0.717) is 0 Å². The SMILES string of the molecule is C(#Cc1ccccc1)/C=C(/C=C/c1ccccc1)c1ccccc1. The lowest BCUT2D eigenvalue weighted by atomic mass is 10.0. The lowest BCUT2D eigenvalue weighted by molar-refractivity contribution is 1.62. The number of rotatable bonds is 3. The third-order valence-electron chi connectivity index (χ3n) is 3.58. The van der Waals surface area contributed by atoms with Crippen LogP contribution in [0.15, 0.2) is 103 Å². The molecule has 114 valence electrons. The van der Waals surface area contributed by atoms with Gasteiger partial charge in [0.25, 0.3) is 0 Å². The largest absolute Gasteiger partial charge is 0.0690 e. The van der Waals surface area contributed by atoms with E-state index in [9.17, 15) is 0 Å². The molecule has 3 aromatic carbocycles. The van der Waals surface area contributed by atoms with E-state index in [-0.39, 0.29) is 0 Å². The maximum atomic E-state index is 3.18. The predicted octanol–water partition coefficient (Wildman–Crippen LogP) is 5.84. The van der Waals surface area contributed by atoms with Crippen LogP contribution in [0.25, 0.3) is 11.6 Å². The summed E-state index contributed by atoms with van der Waals surface area (Å²) in [5.41, 5.74) is 4.46. The molecule has 0 nitrogen and oxygen atoms in total. The van der Waals surface area contributed by atoms with Crippen LogP contribution in [-0.2, 0) is 0 Å². The normalized spacial score (nSPS) is 11.1. The smallest absolute Gasteiger partial charge is 0.0248 e. The van der Waals surface area contributed by atoms with Gasteiger partial charge in [0.05, 0.1) is 0 Å².